The van der Waals surface area contributed by atoms with Crippen LogP contribution >= 0.6 is 12.4 Å². The highest BCUT2D eigenvalue weighted by molar-refractivity contribution is 6.08. The summed E-state index contributed by atoms with van der Waals surface area (Å²) in [5, 5.41) is 2.63. The number of rotatable bonds is 3. The maximum Gasteiger partial charge on any atom is 0.257 e. The van der Waals surface area contributed by atoms with Gasteiger partial charge in [0.05, 0.1) is 16.8 Å². The number of pyridine rings is 1. The van der Waals surface area contributed by atoms with E-state index in [2.05, 4.69) is 10.3 Å². The Labute approximate surface area is 116 Å². The topological polar surface area (TPSA) is 85.1 Å². The molecule has 0 fully saturated rings. The average molecular weight is 278 g/mol. The zero-order chi connectivity index (χ0) is 13.0. The quantitative estimate of drug-likeness (QED) is 0.898. The van der Waals surface area contributed by atoms with Crippen molar-refractivity contribution in [2.75, 3.05) is 5.32 Å². The summed E-state index contributed by atoms with van der Waals surface area (Å²) >= 11 is 0. The molecule has 0 unspecified atom stereocenters. The van der Waals surface area contributed by atoms with Gasteiger partial charge in [0.15, 0.2) is 0 Å². The lowest BCUT2D eigenvalue weighted by atomic mass is 10.1. The van der Waals surface area contributed by atoms with E-state index in [9.17, 15) is 9.59 Å². The van der Waals surface area contributed by atoms with Gasteiger partial charge in [0.2, 0.25) is 0 Å². The fraction of sp³-hybridized carbons (Fsp3) is 0. The summed E-state index contributed by atoms with van der Waals surface area (Å²) < 4.78 is 0. The van der Waals surface area contributed by atoms with E-state index in [1.165, 1.54) is 6.20 Å². The molecule has 0 bridgehead atoms. The van der Waals surface area contributed by atoms with Gasteiger partial charge in [-0.3, -0.25) is 14.6 Å². The molecular weight excluding hydrogens is 266 g/mol. The van der Waals surface area contributed by atoms with Gasteiger partial charge in [0.25, 0.3) is 11.8 Å². The monoisotopic (exact) mass is 277 g/mol. The maximum absolute atomic E-state index is 11.9. The van der Waals surface area contributed by atoms with Crippen LogP contribution in [-0.4, -0.2) is 16.8 Å². The van der Waals surface area contributed by atoms with E-state index < -0.39 is 5.91 Å². The van der Waals surface area contributed by atoms with E-state index in [4.69, 9.17) is 5.73 Å². The second-order valence-electron chi connectivity index (χ2n) is 3.61. The summed E-state index contributed by atoms with van der Waals surface area (Å²) in [5.41, 5.74) is 6.30. The summed E-state index contributed by atoms with van der Waals surface area (Å²) in [6, 6.07) is 9.87. The molecule has 0 radical (unpaired) electrons. The van der Waals surface area contributed by atoms with Crippen molar-refractivity contribution < 1.29 is 9.59 Å². The van der Waals surface area contributed by atoms with Crippen molar-refractivity contribution in [1.82, 2.24) is 4.98 Å². The van der Waals surface area contributed by atoms with Crippen LogP contribution in [0, 0.1) is 0 Å². The molecule has 6 heteroatoms. The van der Waals surface area contributed by atoms with Gasteiger partial charge in [-0.2, -0.15) is 0 Å². The number of nitrogens with two attached hydrogens (primary N) is 1. The Kier molecular flexibility index (Phi) is 5.02. The third-order valence-electron chi connectivity index (χ3n) is 2.36. The van der Waals surface area contributed by atoms with Crippen LogP contribution in [0.4, 0.5) is 5.69 Å². The summed E-state index contributed by atoms with van der Waals surface area (Å²) in [6.45, 7) is 0. The molecule has 0 saturated heterocycles. The van der Waals surface area contributed by atoms with E-state index in [0.29, 0.717) is 11.3 Å². The predicted octanol–water partition coefficient (Wildman–Crippen LogP) is 1.85. The Hall–Kier alpha value is -2.40. The Bertz CT molecular complexity index is 587. The van der Waals surface area contributed by atoms with Crippen molar-refractivity contribution in [3.05, 3.63) is 59.9 Å². The highest BCUT2D eigenvalue weighted by Gasteiger charge is 2.11. The summed E-state index contributed by atoms with van der Waals surface area (Å²) in [6.07, 6.45) is 3.02. The van der Waals surface area contributed by atoms with Crippen LogP contribution in [0.25, 0.3) is 0 Å². The van der Waals surface area contributed by atoms with Crippen molar-refractivity contribution in [3.63, 3.8) is 0 Å². The highest BCUT2D eigenvalue weighted by Crippen LogP contribution is 2.15. The van der Waals surface area contributed by atoms with Gasteiger partial charge in [0.1, 0.15) is 0 Å². The van der Waals surface area contributed by atoms with Crippen LogP contribution in [0.1, 0.15) is 20.7 Å². The van der Waals surface area contributed by atoms with Gasteiger partial charge in [-0.25, -0.2) is 0 Å². The molecule has 2 aromatic rings. The van der Waals surface area contributed by atoms with Crippen LogP contribution in [0.3, 0.4) is 0 Å². The summed E-state index contributed by atoms with van der Waals surface area (Å²) in [4.78, 5) is 26.9. The highest BCUT2D eigenvalue weighted by atomic mass is 35.5. The number of nitrogens with one attached hydrogen (secondary N) is 1. The first-order valence-corrected chi connectivity index (χ1v) is 5.28. The Morgan fingerprint density at radius 3 is 2.47 bits per heavy atom. The third kappa shape index (κ3) is 3.53. The number of aromatic nitrogens is 1. The fourth-order valence-corrected chi connectivity index (χ4v) is 1.50. The molecule has 0 spiro atoms. The Balaban J connectivity index is 0.00000180. The Morgan fingerprint density at radius 2 is 1.84 bits per heavy atom. The molecule has 0 aliphatic rings. The molecule has 0 aliphatic carbocycles. The second kappa shape index (κ2) is 6.51. The minimum atomic E-state index is -0.586. The molecule has 98 valence electrons. The first-order valence-electron chi connectivity index (χ1n) is 5.28. The first-order chi connectivity index (χ1) is 8.68. The maximum atomic E-state index is 11.9. The number of benzene rings is 1. The second-order valence-corrected chi connectivity index (χ2v) is 3.61. The van der Waals surface area contributed by atoms with Gasteiger partial charge in [-0.1, -0.05) is 12.1 Å². The number of amides is 2. The molecule has 1 aromatic heterocycles. The number of anilines is 1. The van der Waals surface area contributed by atoms with Crippen LogP contribution in [-0.2, 0) is 0 Å². The van der Waals surface area contributed by atoms with Gasteiger partial charge in [-0.05, 0) is 24.3 Å². The van der Waals surface area contributed by atoms with Gasteiger partial charge in [-0.15, -0.1) is 12.4 Å². The largest absolute Gasteiger partial charge is 0.366 e. The molecule has 2 amide bonds. The third-order valence-corrected chi connectivity index (χ3v) is 2.36. The predicted molar refractivity (Wildman–Crippen MR) is 74.4 cm³/mol. The van der Waals surface area contributed by atoms with Crippen LogP contribution < -0.4 is 11.1 Å². The van der Waals surface area contributed by atoms with Gasteiger partial charge in [0, 0.05) is 12.4 Å². The molecule has 0 aliphatic heterocycles. The fourth-order valence-electron chi connectivity index (χ4n) is 1.50. The van der Waals surface area contributed by atoms with Crippen LogP contribution in [0.15, 0.2) is 48.8 Å². The number of carbonyl (C=O) groups excluding carboxylic acids is 2. The van der Waals surface area contributed by atoms with Gasteiger partial charge >= 0.3 is 0 Å². The van der Waals surface area contributed by atoms with Crippen molar-refractivity contribution in [2.45, 2.75) is 0 Å². The van der Waals surface area contributed by atoms with Crippen molar-refractivity contribution >= 4 is 29.9 Å². The smallest absolute Gasteiger partial charge is 0.257 e. The van der Waals surface area contributed by atoms with Crippen molar-refractivity contribution in [2.24, 2.45) is 5.73 Å². The zero-order valence-corrected chi connectivity index (χ0v) is 10.7. The number of primary amides is 1. The molecule has 0 atom stereocenters. The minimum Gasteiger partial charge on any atom is -0.366 e. The average Bonchev–Trinajstić information content (AvgIpc) is 2.40. The molecule has 3 N–H and O–H groups in total. The Morgan fingerprint density at radius 1 is 1.11 bits per heavy atom. The lowest BCUT2D eigenvalue weighted by molar-refractivity contribution is 0.100. The molecule has 5 nitrogen and oxygen atoms in total. The molecule has 1 heterocycles. The van der Waals surface area contributed by atoms with Crippen LogP contribution in [0.5, 0.6) is 0 Å². The minimum absolute atomic E-state index is 0. The lowest BCUT2D eigenvalue weighted by Crippen LogP contribution is -2.18. The number of carbonyl (C=O) groups is 2. The van der Waals surface area contributed by atoms with Crippen LogP contribution in [0.2, 0.25) is 0 Å². The van der Waals surface area contributed by atoms with Gasteiger partial charge < -0.3 is 11.1 Å². The molecule has 2 rings (SSSR count). The number of hydrogen-bond donors (Lipinski definition) is 2. The number of para-hydroxylation sites is 1. The van der Waals surface area contributed by atoms with E-state index in [-0.39, 0.29) is 23.9 Å². The number of halogens is 1. The molecule has 1 aromatic carbocycles. The van der Waals surface area contributed by atoms with E-state index in [1.54, 1.807) is 42.6 Å². The van der Waals surface area contributed by atoms with E-state index in [0.717, 1.165) is 0 Å². The molecule has 0 saturated carbocycles. The molecular formula is C13H12ClN3O2. The standard InChI is InChI=1S/C13H11N3O2.ClH/c14-12(17)10-5-1-2-6-11(10)16-13(18)9-4-3-7-15-8-9;/h1-8H,(H2,14,17)(H,16,18);1H. The SMILES string of the molecule is Cl.NC(=O)c1ccccc1NC(=O)c1cccnc1. The first kappa shape index (κ1) is 14.7. The zero-order valence-electron chi connectivity index (χ0n) is 9.87. The summed E-state index contributed by atoms with van der Waals surface area (Å²) in [7, 11) is 0. The lowest BCUT2D eigenvalue weighted by Gasteiger charge is -2.08. The van der Waals surface area contributed by atoms with E-state index >= 15 is 0 Å². The number of hydrogen-bond acceptors (Lipinski definition) is 3. The van der Waals surface area contributed by atoms with Crippen molar-refractivity contribution in [3.8, 4) is 0 Å². The molecule has 19 heavy (non-hydrogen) atoms. The normalized spacial score (nSPS) is 9.26. The number of nitrogens with zero attached hydrogens (tertiary/aromatic N) is 1. The summed E-state index contributed by atoms with van der Waals surface area (Å²) in [5.74, 6) is -0.922. The van der Waals surface area contributed by atoms with E-state index in [1.807, 2.05) is 0 Å². The van der Waals surface area contributed by atoms with Crippen molar-refractivity contribution in [1.29, 1.82) is 0 Å².